The number of nitrogens with one attached hydrogen (secondary N) is 1. The van der Waals surface area contributed by atoms with Gasteiger partial charge >= 0.3 is 11.7 Å². The first-order valence-corrected chi connectivity index (χ1v) is 6.26. The number of carboxylic acid groups (broad SMARTS) is 1. The smallest absolute Gasteiger partial charge is 0.337 e. The third-order valence-electron chi connectivity index (χ3n) is 2.98. The average Bonchev–Trinajstić information content (AvgIpc) is 3.21. The Kier molecular flexibility index (Phi) is 4.01. The number of hydrogen-bond donors (Lipinski definition) is 2. The van der Waals surface area contributed by atoms with E-state index in [9.17, 15) is 19.7 Å². The van der Waals surface area contributed by atoms with E-state index in [4.69, 9.17) is 5.11 Å². The van der Waals surface area contributed by atoms with Gasteiger partial charge in [0.05, 0.1) is 17.0 Å². The van der Waals surface area contributed by atoms with Gasteiger partial charge in [0.25, 0.3) is 0 Å². The third kappa shape index (κ3) is 3.65. The van der Waals surface area contributed by atoms with E-state index >= 15 is 0 Å². The molecule has 0 bridgehead atoms. The molecule has 9 heteroatoms. The molecule has 1 aromatic rings. The van der Waals surface area contributed by atoms with Crippen LogP contribution in [-0.4, -0.2) is 46.5 Å². The summed E-state index contributed by atoms with van der Waals surface area (Å²) in [5.74, 6) is -1.60. The van der Waals surface area contributed by atoms with Gasteiger partial charge < -0.3 is 15.3 Å². The minimum atomic E-state index is -1.30. The van der Waals surface area contributed by atoms with E-state index in [0.717, 1.165) is 25.1 Å². The summed E-state index contributed by atoms with van der Waals surface area (Å²) in [5, 5.41) is 22.6. The van der Waals surface area contributed by atoms with E-state index in [2.05, 4.69) is 10.3 Å². The molecule has 1 aromatic heterocycles. The van der Waals surface area contributed by atoms with E-state index in [1.165, 1.54) is 11.9 Å². The van der Waals surface area contributed by atoms with Crippen molar-refractivity contribution in [1.29, 1.82) is 0 Å². The molecule has 0 saturated heterocycles. The highest BCUT2D eigenvalue weighted by Gasteiger charge is 2.26. The lowest BCUT2D eigenvalue weighted by Crippen LogP contribution is -2.36. The molecule has 9 nitrogen and oxygen atoms in total. The minimum Gasteiger partial charge on any atom is -0.478 e. The first kappa shape index (κ1) is 14.7. The fourth-order valence-electron chi connectivity index (χ4n) is 1.78. The van der Waals surface area contributed by atoms with Gasteiger partial charge in [-0.25, -0.2) is 9.78 Å². The highest BCUT2D eigenvalue weighted by Crippen LogP contribution is 2.25. The van der Waals surface area contributed by atoms with Crippen LogP contribution >= 0.6 is 0 Å². The third-order valence-corrected chi connectivity index (χ3v) is 2.98. The largest absolute Gasteiger partial charge is 0.478 e. The van der Waals surface area contributed by atoms with E-state index in [0.29, 0.717) is 0 Å². The minimum absolute atomic E-state index is 0.0454. The molecule has 0 aromatic carbocycles. The van der Waals surface area contributed by atoms with Gasteiger partial charge in [-0.3, -0.25) is 14.9 Å². The fourth-order valence-corrected chi connectivity index (χ4v) is 1.78. The first-order chi connectivity index (χ1) is 9.88. The van der Waals surface area contributed by atoms with Crippen molar-refractivity contribution in [1.82, 2.24) is 10.3 Å². The molecule has 0 aliphatic heterocycles. The molecular formula is C12H14N4O5. The predicted octanol–water partition coefficient (Wildman–Crippen LogP) is 0.403. The quantitative estimate of drug-likeness (QED) is 0.574. The molecule has 2 N–H and O–H groups in total. The van der Waals surface area contributed by atoms with Gasteiger partial charge in [-0.05, 0) is 12.8 Å². The number of aromatic nitrogens is 1. The lowest BCUT2D eigenvalue weighted by molar-refractivity contribution is -0.384. The van der Waals surface area contributed by atoms with Crippen molar-refractivity contribution in [3.63, 3.8) is 0 Å². The Labute approximate surface area is 119 Å². The number of carbonyl (C=O) groups excluding carboxylic acids is 1. The molecule has 0 atom stereocenters. The molecule has 0 radical (unpaired) electrons. The molecule has 1 heterocycles. The van der Waals surface area contributed by atoms with Crippen molar-refractivity contribution in [2.45, 2.75) is 18.9 Å². The molecular weight excluding hydrogens is 280 g/mol. The zero-order valence-electron chi connectivity index (χ0n) is 11.3. The summed E-state index contributed by atoms with van der Waals surface area (Å²) in [6.45, 7) is -0.0865. The van der Waals surface area contributed by atoms with Crippen molar-refractivity contribution in [3.8, 4) is 0 Å². The maximum atomic E-state index is 11.7. The normalized spacial score (nSPS) is 13.6. The van der Waals surface area contributed by atoms with Crippen LogP contribution in [-0.2, 0) is 4.79 Å². The van der Waals surface area contributed by atoms with Crippen LogP contribution in [0.1, 0.15) is 23.2 Å². The number of carbonyl (C=O) groups is 2. The van der Waals surface area contributed by atoms with Crippen LogP contribution in [0.15, 0.2) is 12.3 Å². The van der Waals surface area contributed by atoms with Gasteiger partial charge in [0, 0.05) is 25.4 Å². The fraction of sp³-hybridized carbons (Fsp3) is 0.417. The van der Waals surface area contributed by atoms with Crippen LogP contribution < -0.4 is 10.2 Å². The Morgan fingerprint density at radius 2 is 2.24 bits per heavy atom. The summed E-state index contributed by atoms with van der Waals surface area (Å²) in [6, 6.07) is 1.13. The number of carboxylic acids is 1. The van der Waals surface area contributed by atoms with Gasteiger partial charge in [0.15, 0.2) is 0 Å². The van der Waals surface area contributed by atoms with Crippen molar-refractivity contribution < 1.29 is 19.6 Å². The number of nitrogens with zero attached hydrogens (tertiary/aromatic N) is 3. The second-order valence-corrected chi connectivity index (χ2v) is 4.83. The lowest BCUT2D eigenvalue weighted by atomic mass is 10.2. The van der Waals surface area contributed by atoms with E-state index in [1.807, 2.05) is 0 Å². The molecule has 1 amide bonds. The summed E-state index contributed by atoms with van der Waals surface area (Å²) >= 11 is 0. The van der Waals surface area contributed by atoms with Gasteiger partial charge in [-0.15, -0.1) is 0 Å². The zero-order valence-corrected chi connectivity index (χ0v) is 11.3. The van der Waals surface area contributed by atoms with Crippen LogP contribution in [0.2, 0.25) is 0 Å². The van der Waals surface area contributed by atoms with Crippen LogP contribution in [0.3, 0.4) is 0 Å². The van der Waals surface area contributed by atoms with Crippen LogP contribution in [0, 0.1) is 10.1 Å². The number of aromatic carboxylic acids is 1. The monoisotopic (exact) mass is 294 g/mol. The Hall–Kier alpha value is -2.71. The number of anilines is 1. The number of rotatable bonds is 6. The molecule has 2 rings (SSSR count). The molecule has 0 unspecified atom stereocenters. The van der Waals surface area contributed by atoms with E-state index in [1.54, 1.807) is 0 Å². The van der Waals surface area contributed by atoms with Gasteiger partial charge in [0.1, 0.15) is 0 Å². The van der Waals surface area contributed by atoms with Gasteiger partial charge in [-0.2, -0.15) is 0 Å². The van der Waals surface area contributed by atoms with Crippen molar-refractivity contribution in [3.05, 3.63) is 27.9 Å². The SMILES string of the molecule is CN(CC(=O)NC1CC1)c1ncc(C(=O)O)cc1[N+](=O)[O-]. The predicted molar refractivity (Wildman–Crippen MR) is 72.3 cm³/mol. The van der Waals surface area contributed by atoms with Crippen molar-refractivity contribution >= 4 is 23.4 Å². The molecule has 0 spiro atoms. The van der Waals surface area contributed by atoms with E-state index in [-0.39, 0.29) is 29.9 Å². The average molecular weight is 294 g/mol. The molecule has 1 aliphatic carbocycles. The van der Waals surface area contributed by atoms with Crippen LogP contribution in [0.25, 0.3) is 0 Å². The molecule has 1 saturated carbocycles. The molecule has 1 fully saturated rings. The first-order valence-electron chi connectivity index (χ1n) is 6.26. The summed E-state index contributed by atoms with van der Waals surface area (Å²) in [6.07, 6.45) is 2.92. The second-order valence-electron chi connectivity index (χ2n) is 4.83. The number of nitro groups is 1. The standard InChI is InChI=1S/C12H14N4O5/c1-15(6-10(17)14-8-2-3-8)11-9(16(20)21)4-7(5-13-11)12(18)19/h4-5,8H,2-3,6H2,1H3,(H,14,17)(H,18,19). The van der Waals surface area contributed by atoms with Crippen LogP contribution in [0.5, 0.6) is 0 Å². The van der Waals surface area contributed by atoms with Crippen molar-refractivity contribution in [2.24, 2.45) is 0 Å². The number of amides is 1. The summed E-state index contributed by atoms with van der Waals surface area (Å²) in [7, 11) is 1.49. The summed E-state index contributed by atoms with van der Waals surface area (Å²) < 4.78 is 0. The number of pyridine rings is 1. The molecule has 1 aliphatic rings. The maximum absolute atomic E-state index is 11.7. The second kappa shape index (κ2) is 5.73. The Balaban J connectivity index is 2.18. The Morgan fingerprint density at radius 3 is 2.76 bits per heavy atom. The summed E-state index contributed by atoms with van der Waals surface area (Å²) in [4.78, 5) is 37.9. The zero-order chi connectivity index (χ0) is 15.6. The number of hydrogen-bond acceptors (Lipinski definition) is 6. The van der Waals surface area contributed by atoms with Gasteiger partial charge in [-0.1, -0.05) is 0 Å². The Bertz CT molecular complexity index is 599. The number of likely N-dealkylation sites (N-methyl/N-ethyl adjacent to an activating group) is 1. The maximum Gasteiger partial charge on any atom is 0.337 e. The molecule has 112 valence electrons. The Morgan fingerprint density at radius 1 is 1.57 bits per heavy atom. The highest BCUT2D eigenvalue weighted by atomic mass is 16.6. The lowest BCUT2D eigenvalue weighted by Gasteiger charge is -2.17. The topological polar surface area (TPSA) is 126 Å². The van der Waals surface area contributed by atoms with Gasteiger partial charge in [0.2, 0.25) is 11.7 Å². The summed E-state index contributed by atoms with van der Waals surface area (Å²) in [5.41, 5.74) is -0.724. The van der Waals surface area contributed by atoms with E-state index < -0.39 is 16.6 Å². The highest BCUT2D eigenvalue weighted by molar-refractivity contribution is 5.89. The molecule has 21 heavy (non-hydrogen) atoms. The van der Waals surface area contributed by atoms with Crippen LogP contribution in [0.4, 0.5) is 11.5 Å². The van der Waals surface area contributed by atoms with Crippen molar-refractivity contribution in [2.75, 3.05) is 18.5 Å².